The third-order valence-corrected chi connectivity index (χ3v) is 2.70. The molecule has 1 saturated carbocycles. The molecule has 0 radical (unpaired) electrons. The minimum atomic E-state index is -1.83. The van der Waals surface area contributed by atoms with Crippen LogP contribution in [-0.2, 0) is 9.59 Å². The van der Waals surface area contributed by atoms with E-state index in [0.717, 1.165) is 0 Å². The van der Waals surface area contributed by atoms with Crippen molar-refractivity contribution in [2.45, 2.75) is 30.3 Å². The predicted molar refractivity (Wildman–Crippen MR) is 43.0 cm³/mol. The Kier molecular flexibility index (Phi) is 2.05. The fourth-order valence-electron chi connectivity index (χ4n) is 1.69. The lowest BCUT2D eigenvalue weighted by Crippen LogP contribution is -2.70. The van der Waals surface area contributed by atoms with E-state index in [1.165, 1.54) is 0 Å². The van der Waals surface area contributed by atoms with Crippen LogP contribution in [0.3, 0.4) is 0 Å². The number of hydrogen-bond donors (Lipinski definition) is 4. The fourth-order valence-corrected chi connectivity index (χ4v) is 1.69. The summed E-state index contributed by atoms with van der Waals surface area (Å²) in [6.07, 6.45) is 0.627. The van der Waals surface area contributed by atoms with Gasteiger partial charge in [0.25, 0.3) is 0 Å². The third kappa shape index (κ3) is 1.10. The van der Waals surface area contributed by atoms with Crippen LogP contribution >= 0.6 is 0 Å². The standard InChI is InChI=1S/C7H12N2O4/c8-6(4(10)11)2-1-3-7(6,9)5(12)13/h1-3,8-9H2,(H,10,11)(H,12,13). The van der Waals surface area contributed by atoms with Crippen LogP contribution in [0.5, 0.6) is 0 Å². The second kappa shape index (κ2) is 2.68. The van der Waals surface area contributed by atoms with Gasteiger partial charge in [0.05, 0.1) is 0 Å². The van der Waals surface area contributed by atoms with E-state index < -0.39 is 23.0 Å². The molecular formula is C7H12N2O4. The first-order valence-corrected chi connectivity index (χ1v) is 3.89. The lowest BCUT2D eigenvalue weighted by Gasteiger charge is -2.32. The average Bonchev–Trinajstić information content (AvgIpc) is 2.31. The summed E-state index contributed by atoms with van der Waals surface area (Å²) in [5.41, 5.74) is 7.28. The fraction of sp³-hybridized carbons (Fsp3) is 0.714. The molecule has 6 nitrogen and oxygen atoms in total. The Balaban J connectivity index is 3.11. The van der Waals surface area contributed by atoms with Crippen molar-refractivity contribution in [1.82, 2.24) is 0 Å². The molecule has 1 aliphatic carbocycles. The zero-order valence-corrected chi connectivity index (χ0v) is 6.99. The molecule has 1 rings (SSSR count). The van der Waals surface area contributed by atoms with Gasteiger partial charge in [0, 0.05) is 0 Å². The van der Waals surface area contributed by atoms with Crippen LogP contribution in [-0.4, -0.2) is 33.2 Å². The maximum absolute atomic E-state index is 10.8. The number of hydrogen-bond acceptors (Lipinski definition) is 4. The lowest BCUT2D eigenvalue weighted by atomic mass is 9.81. The van der Waals surface area contributed by atoms with Gasteiger partial charge in [0.15, 0.2) is 0 Å². The van der Waals surface area contributed by atoms with E-state index in [4.69, 9.17) is 21.7 Å². The topological polar surface area (TPSA) is 127 Å². The molecule has 0 aromatic carbocycles. The van der Waals surface area contributed by atoms with Gasteiger partial charge in [0.1, 0.15) is 11.1 Å². The van der Waals surface area contributed by atoms with E-state index in [9.17, 15) is 9.59 Å². The largest absolute Gasteiger partial charge is 0.480 e. The highest BCUT2D eigenvalue weighted by molar-refractivity contribution is 5.93. The Morgan fingerprint density at radius 2 is 1.31 bits per heavy atom. The van der Waals surface area contributed by atoms with Gasteiger partial charge in [-0.05, 0) is 19.3 Å². The zero-order valence-electron chi connectivity index (χ0n) is 6.99. The normalized spacial score (nSPS) is 38.9. The first kappa shape index (κ1) is 9.94. The molecule has 0 heterocycles. The van der Waals surface area contributed by atoms with Gasteiger partial charge < -0.3 is 21.7 Å². The van der Waals surface area contributed by atoms with Gasteiger partial charge in [-0.25, -0.2) is 0 Å². The predicted octanol–water partition coefficient (Wildman–Crippen LogP) is -1.27. The summed E-state index contributed by atoms with van der Waals surface area (Å²) in [4.78, 5) is 21.6. The molecular weight excluding hydrogens is 176 g/mol. The molecule has 0 bridgehead atoms. The van der Waals surface area contributed by atoms with Gasteiger partial charge in [-0.1, -0.05) is 0 Å². The van der Waals surface area contributed by atoms with Crippen molar-refractivity contribution < 1.29 is 19.8 Å². The molecule has 2 atom stereocenters. The van der Waals surface area contributed by atoms with E-state index >= 15 is 0 Å². The van der Waals surface area contributed by atoms with E-state index in [1.54, 1.807) is 0 Å². The summed E-state index contributed by atoms with van der Waals surface area (Å²) in [7, 11) is 0. The van der Waals surface area contributed by atoms with Gasteiger partial charge in [-0.15, -0.1) is 0 Å². The maximum atomic E-state index is 10.8. The molecule has 6 heteroatoms. The maximum Gasteiger partial charge on any atom is 0.326 e. The number of nitrogens with two attached hydrogens (primary N) is 2. The Morgan fingerprint density at radius 3 is 1.54 bits per heavy atom. The number of carboxylic acid groups (broad SMARTS) is 2. The zero-order chi connectivity index (χ0) is 10.3. The first-order chi connectivity index (χ1) is 5.84. The smallest absolute Gasteiger partial charge is 0.326 e. The number of aliphatic carboxylic acids is 2. The van der Waals surface area contributed by atoms with Crippen molar-refractivity contribution >= 4 is 11.9 Å². The second-order valence-corrected chi connectivity index (χ2v) is 3.41. The molecule has 1 fully saturated rings. The molecule has 0 aromatic rings. The van der Waals surface area contributed by atoms with Gasteiger partial charge >= 0.3 is 11.9 Å². The highest BCUT2D eigenvalue weighted by Gasteiger charge is 2.60. The molecule has 13 heavy (non-hydrogen) atoms. The van der Waals surface area contributed by atoms with Gasteiger partial charge in [-0.3, -0.25) is 9.59 Å². The summed E-state index contributed by atoms with van der Waals surface area (Å²) in [6, 6.07) is 0. The molecule has 74 valence electrons. The van der Waals surface area contributed by atoms with Crippen molar-refractivity contribution in [1.29, 1.82) is 0 Å². The average molecular weight is 188 g/mol. The van der Waals surface area contributed by atoms with Crippen LogP contribution in [0.15, 0.2) is 0 Å². The molecule has 0 aliphatic heterocycles. The number of carboxylic acids is 2. The highest BCUT2D eigenvalue weighted by atomic mass is 16.4. The minimum absolute atomic E-state index is 0.102. The lowest BCUT2D eigenvalue weighted by molar-refractivity contribution is -0.155. The first-order valence-electron chi connectivity index (χ1n) is 3.89. The van der Waals surface area contributed by atoms with Gasteiger partial charge in [-0.2, -0.15) is 0 Å². The summed E-state index contributed by atoms with van der Waals surface area (Å²) < 4.78 is 0. The Labute approximate surface area is 74.5 Å². The van der Waals surface area contributed by atoms with Crippen molar-refractivity contribution in [2.75, 3.05) is 0 Å². The molecule has 1 aliphatic rings. The quantitative estimate of drug-likeness (QED) is 0.428. The molecule has 0 saturated heterocycles. The molecule has 0 aromatic heterocycles. The van der Waals surface area contributed by atoms with Gasteiger partial charge in [0.2, 0.25) is 0 Å². The third-order valence-electron chi connectivity index (χ3n) is 2.70. The van der Waals surface area contributed by atoms with Crippen molar-refractivity contribution in [3.8, 4) is 0 Å². The summed E-state index contributed by atoms with van der Waals surface area (Å²) >= 11 is 0. The van der Waals surface area contributed by atoms with Crippen LogP contribution in [0.1, 0.15) is 19.3 Å². The molecule has 6 N–H and O–H groups in total. The SMILES string of the molecule is NC1(C(=O)O)CCCC1(N)C(=O)O. The van der Waals surface area contributed by atoms with E-state index in [0.29, 0.717) is 6.42 Å². The van der Waals surface area contributed by atoms with Crippen LogP contribution in [0.25, 0.3) is 0 Å². The highest BCUT2D eigenvalue weighted by Crippen LogP contribution is 2.36. The van der Waals surface area contributed by atoms with Crippen LogP contribution in [0, 0.1) is 0 Å². The summed E-state index contributed by atoms with van der Waals surface area (Å²) in [5, 5.41) is 17.6. The second-order valence-electron chi connectivity index (χ2n) is 3.41. The van der Waals surface area contributed by atoms with Crippen molar-refractivity contribution in [2.24, 2.45) is 11.5 Å². The van der Waals surface area contributed by atoms with Crippen LogP contribution in [0.2, 0.25) is 0 Å². The number of rotatable bonds is 2. The van der Waals surface area contributed by atoms with Crippen molar-refractivity contribution in [3.05, 3.63) is 0 Å². The van der Waals surface area contributed by atoms with E-state index in [1.807, 2.05) is 0 Å². The van der Waals surface area contributed by atoms with Crippen LogP contribution < -0.4 is 11.5 Å². The molecule has 2 unspecified atom stereocenters. The Hall–Kier alpha value is -1.14. The summed E-state index contributed by atoms with van der Waals surface area (Å²) in [5.74, 6) is -2.70. The number of carbonyl (C=O) groups is 2. The monoisotopic (exact) mass is 188 g/mol. The minimum Gasteiger partial charge on any atom is -0.480 e. The summed E-state index contributed by atoms with van der Waals surface area (Å²) in [6.45, 7) is 0. The Morgan fingerprint density at radius 1 is 1.00 bits per heavy atom. The van der Waals surface area contributed by atoms with E-state index in [2.05, 4.69) is 0 Å². The Bertz CT molecular complexity index is 241. The van der Waals surface area contributed by atoms with E-state index in [-0.39, 0.29) is 12.8 Å². The molecule has 0 spiro atoms. The van der Waals surface area contributed by atoms with Crippen LogP contribution in [0.4, 0.5) is 0 Å². The molecule has 0 amide bonds. The van der Waals surface area contributed by atoms with Crippen molar-refractivity contribution in [3.63, 3.8) is 0 Å².